The molecular weight excluding hydrogens is 266 g/mol. The van der Waals surface area contributed by atoms with Crippen LogP contribution in [-0.4, -0.2) is 39.3 Å². The van der Waals surface area contributed by atoms with E-state index in [1.807, 2.05) is 24.2 Å². The number of aromatic nitrogens is 1. The van der Waals surface area contributed by atoms with Gasteiger partial charge in [-0.05, 0) is 50.7 Å². The molecule has 1 atom stereocenters. The Bertz CT molecular complexity index is 491. The number of nitrogens with zero attached hydrogens (tertiary/aromatic N) is 2. The summed E-state index contributed by atoms with van der Waals surface area (Å²) in [5, 5.41) is 12.7. The van der Waals surface area contributed by atoms with Gasteiger partial charge in [0.2, 0.25) is 0 Å². The molecule has 2 N–H and O–H groups in total. The number of hydrogen-bond acceptors (Lipinski definition) is 2. The van der Waals surface area contributed by atoms with Gasteiger partial charge in [-0.2, -0.15) is 0 Å². The summed E-state index contributed by atoms with van der Waals surface area (Å²) in [5.41, 5.74) is 1.21. The first-order valence-electron chi connectivity index (χ1n) is 8.01. The smallest absolute Gasteiger partial charge is 0.318 e. The molecule has 3 rings (SSSR count). The highest BCUT2D eigenvalue weighted by molar-refractivity contribution is 5.75. The highest BCUT2D eigenvalue weighted by atomic mass is 16.3. The monoisotopic (exact) mass is 291 g/mol. The summed E-state index contributed by atoms with van der Waals surface area (Å²) in [4.78, 5) is 14.5. The van der Waals surface area contributed by atoms with Gasteiger partial charge >= 0.3 is 6.03 Å². The van der Waals surface area contributed by atoms with E-state index in [0.29, 0.717) is 0 Å². The Balaban J connectivity index is 1.62. The minimum atomic E-state index is -0.180. The molecule has 2 fully saturated rings. The highest BCUT2D eigenvalue weighted by Crippen LogP contribution is 2.32. The second kappa shape index (κ2) is 6.10. The zero-order chi connectivity index (χ0) is 14.8. The molecule has 5 heteroatoms. The summed E-state index contributed by atoms with van der Waals surface area (Å²) in [6.07, 6.45) is 7.32. The summed E-state index contributed by atoms with van der Waals surface area (Å²) in [6, 6.07) is 4.61. The van der Waals surface area contributed by atoms with Crippen LogP contribution in [0.2, 0.25) is 0 Å². The normalized spacial score (nSPS) is 29.6. The third kappa shape index (κ3) is 3.07. The first-order chi connectivity index (χ1) is 10.1. The van der Waals surface area contributed by atoms with Crippen LogP contribution in [-0.2, 0) is 7.05 Å². The van der Waals surface area contributed by atoms with Crippen molar-refractivity contribution in [1.29, 1.82) is 0 Å². The number of likely N-dealkylation sites (tertiary alicyclic amines) is 1. The molecule has 2 aliphatic rings. The molecule has 1 unspecified atom stereocenters. The number of aliphatic hydroxyl groups is 1. The molecule has 1 saturated heterocycles. The van der Waals surface area contributed by atoms with Crippen LogP contribution in [0.3, 0.4) is 0 Å². The maximum Gasteiger partial charge on any atom is 0.318 e. The van der Waals surface area contributed by atoms with Gasteiger partial charge in [0.15, 0.2) is 0 Å². The lowest BCUT2D eigenvalue weighted by molar-refractivity contribution is 0.114. The van der Waals surface area contributed by atoms with E-state index in [1.165, 1.54) is 5.69 Å². The van der Waals surface area contributed by atoms with Gasteiger partial charge < -0.3 is 19.9 Å². The molecule has 2 amide bonds. The van der Waals surface area contributed by atoms with Crippen molar-refractivity contribution in [2.45, 2.75) is 56.7 Å². The van der Waals surface area contributed by atoms with E-state index in [4.69, 9.17) is 0 Å². The third-order valence-electron chi connectivity index (χ3n) is 4.86. The quantitative estimate of drug-likeness (QED) is 0.877. The topological polar surface area (TPSA) is 57.5 Å². The third-order valence-corrected chi connectivity index (χ3v) is 4.86. The van der Waals surface area contributed by atoms with E-state index < -0.39 is 0 Å². The van der Waals surface area contributed by atoms with Gasteiger partial charge in [-0.15, -0.1) is 0 Å². The Morgan fingerprint density at radius 3 is 2.71 bits per heavy atom. The number of nitrogens with one attached hydrogen (secondary N) is 1. The van der Waals surface area contributed by atoms with Crippen molar-refractivity contribution in [1.82, 2.24) is 14.8 Å². The average Bonchev–Trinajstić information content (AvgIpc) is 3.09. The molecule has 0 spiro atoms. The largest absolute Gasteiger partial charge is 0.393 e. The number of urea groups is 1. The Kier molecular flexibility index (Phi) is 4.19. The van der Waals surface area contributed by atoms with Crippen LogP contribution in [0, 0.1) is 0 Å². The zero-order valence-electron chi connectivity index (χ0n) is 12.7. The zero-order valence-corrected chi connectivity index (χ0v) is 12.7. The number of aliphatic hydroxyl groups excluding tert-OH is 1. The van der Waals surface area contributed by atoms with Crippen LogP contribution in [0.1, 0.15) is 50.3 Å². The number of hydrogen-bond donors (Lipinski definition) is 2. The molecule has 2 heterocycles. The maximum absolute atomic E-state index is 12.6. The molecule has 0 radical (unpaired) electrons. The predicted molar refractivity (Wildman–Crippen MR) is 80.9 cm³/mol. The first kappa shape index (κ1) is 14.4. The summed E-state index contributed by atoms with van der Waals surface area (Å²) >= 11 is 0. The molecule has 1 saturated carbocycles. The van der Waals surface area contributed by atoms with E-state index >= 15 is 0 Å². The maximum atomic E-state index is 12.6. The van der Waals surface area contributed by atoms with Crippen molar-refractivity contribution in [2.75, 3.05) is 6.54 Å². The molecule has 116 valence electrons. The Hall–Kier alpha value is -1.49. The van der Waals surface area contributed by atoms with Gasteiger partial charge in [0.1, 0.15) is 0 Å². The van der Waals surface area contributed by atoms with Gasteiger partial charge in [-0.3, -0.25) is 0 Å². The molecular formula is C16H25N3O2. The van der Waals surface area contributed by atoms with Crippen LogP contribution in [0.15, 0.2) is 18.3 Å². The van der Waals surface area contributed by atoms with E-state index in [2.05, 4.69) is 16.0 Å². The molecule has 0 bridgehead atoms. The Morgan fingerprint density at radius 2 is 2.05 bits per heavy atom. The Labute approximate surface area is 125 Å². The minimum Gasteiger partial charge on any atom is -0.393 e. The van der Waals surface area contributed by atoms with Crippen LogP contribution in [0.25, 0.3) is 0 Å². The standard InChI is InChI=1S/C16H25N3O2/c1-18-10-2-4-14(18)15-5-3-11-19(15)16(21)17-12-6-8-13(20)9-7-12/h2,4,10,12-13,15,20H,3,5-9,11H2,1H3,(H,17,21). The second-order valence-corrected chi connectivity index (χ2v) is 6.35. The number of rotatable bonds is 2. The van der Waals surface area contributed by atoms with Crippen molar-refractivity contribution in [3.8, 4) is 0 Å². The number of aryl methyl sites for hydroxylation is 1. The number of amides is 2. The predicted octanol–water partition coefficient (Wildman–Crippen LogP) is 2.18. The van der Waals surface area contributed by atoms with Crippen molar-refractivity contribution in [2.24, 2.45) is 7.05 Å². The van der Waals surface area contributed by atoms with E-state index in [0.717, 1.165) is 45.1 Å². The summed E-state index contributed by atoms with van der Waals surface area (Å²) in [7, 11) is 2.03. The fourth-order valence-corrected chi connectivity index (χ4v) is 3.62. The molecule has 5 nitrogen and oxygen atoms in total. The highest BCUT2D eigenvalue weighted by Gasteiger charge is 2.32. The molecule has 21 heavy (non-hydrogen) atoms. The first-order valence-corrected chi connectivity index (χ1v) is 8.01. The lowest BCUT2D eigenvalue weighted by Crippen LogP contribution is -2.46. The van der Waals surface area contributed by atoms with Crippen LogP contribution in [0.4, 0.5) is 4.79 Å². The van der Waals surface area contributed by atoms with Gasteiger partial charge in [0.05, 0.1) is 12.1 Å². The van der Waals surface area contributed by atoms with Gasteiger partial charge in [-0.25, -0.2) is 4.79 Å². The van der Waals surface area contributed by atoms with Crippen LogP contribution < -0.4 is 5.32 Å². The van der Waals surface area contributed by atoms with Gasteiger partial charge in [0, 0.05) is 31.5 Å². The molecule has 1 aliphatic heterocycles. The van der Waals surface area contributed by atoms with E-state index in [9.17, 15) is 9.90 Å². The van der Waals surface area contributed by atoms with Crippen LogP contribution >= 0.6 is 0 Å². The van der Waals surface area contributed by atoms with E-state index in [1.54, 1.807) is 0 Å². The Morgan fingerprint density at radius 1 is 1.29 bits per heavy atom. The molecule has 1 aromatic rings. The number of carbonyl (C=O) groups is 1. The summed E-state index contributed by atoms with van der Waals surface area (Å²) < 4.78 is 2.10. The fraction of sp³-hybridized carbons (Fsp3) is 0.688. The second-order valence-electron chi connectivity index (χ2n) is 6.35. The molecule has 1 aromatic heterocycles. The van der Waals surface area contributed by atoms with Crippen LogP contribution in [0.5, 0.6) is 0 Å². The van der Waals surface area contributed by atoms with Crippen molar-refractivity contribution in [3.63, 3.8) is 0 Å². The van der Waals surface area contributed by atoms with Crippen molar-refractivity contribution in [3.05, 3.63) is 24.0 Å². The minimum absolute atomic E-state index is 0.0556. The SMILES string of the molecule is Cn1cccc1C1CCCN1C(=O)NC1CCC(O)CC1. The van der Waals surface area contributed by atoms with E-state index in [-0.39, 0.29) is 24.2 Å². The van der Waals surface area contributed by atoms with Gasteiger partial charge in [0.25, 0.3) is 0 Å². The lowest BCUT2D eigenvalue weighted by Gasteiger charge is -2.31. The van der Waals surface area contributed by atoms with Crippen molar-refractivity contribution >= 4 is 6.03 Å². The van der Waals surface area contributed by atoms with Gasteiger partial charge in [-0.1, -0.05) is 0 Å². The molecule has 1 aliphatic carbocycles. The summed E-state index contributed by atoms with van der Waals surface area (Å²) in [6.45, 7) is 0.830. The summed E-state index contributed by atoms with van der Waals surface area (Å²) in [5.74, 6) is 0. The molecule has 0 aromatic carbocycles. The van der Waals surface area contributed by atoms with Crippen molar-refractivity contribution < 1.29 is 9.90 Å². The lowest BCUT2D eigenvalue weighted by atomic mass is 9.93. The number of carbonyl (C=O) groups excluding carboxylic acids is 1. The fourth-order valence-electron chi connectivity index (χ4n) is 3.62. The average molecular weight is 291 g/mol.